The molecule has 0 saturated carbocycles. The SMILES string of the molecule is C[C@H]1CN2c3c(cc4c(OC(=O)OC(C)(C)C)noc4c3F)CC3(C(=O)NC(=O)NC3=O)[C@@H]2[C@@H](C)O1. The summed E-state index contributed by atoms with van der Waals surface area (Å²) in [5.41, 5.74) is -2.50. The van der Waals surface area contributed by atoms with Gasteiger partial charge in [-0.15, -0.1) is 0 Å². The summed E-state index contributed by atoms with van der Waals surface area (Å²) in [5.74, 6) is -2.73. The maximum atomic E-state index is 16.0. The monoisotopic (exact) mass is 504 g/mol. The first-order valence-electron chi connectivity index (χ1n) is 11.4. The smallest absolute Gasteiger partial charge is 0.428 e. The fraction of sp³-hybridized carbons (Fsp3) is 0.522. The number of hydrogen-bond donors (Lipinski definition) is 2. The van der Waals surface area contributed by atoms with Crippen molar-refractivity contribution in [3.63, 3.8) is 0 Å². The molecule has 2 N–H and O–H groups in total. The number of morpholine rings is 1. The maximum Gasteiger partial charge on any atom is 0.515 e. The van der Waals surface area contributed by atoms with Crippen molar-refractivity contribution < 1.29 is 42.3 Å². The number of rotatable bonds is 1. The van der Waals surface area contributed by atoms with Crippen molar-refractivity contribution in [2.24, 2.45) is 5.41 Å². The van der Waals surface area contributed by atoms with Crippen LogP contribution in [0, 0.1) is 11.2 Å². The van der Waals surface area contributed by atoms with Crippen LogP contribution in [0.15, 0.2) is 10.6 Å². The zero-order valence-electron chi connectivity index (χ0n) is 20.3. The fourth-order valence-electron chi connectivity index (χ4n) is 5.35. The summed E-state index contributed by atoms with van der Waals surface area (Å²) in [7, 11) is 0. The lowest BCUT2D eigenvalue weighted by Crippen LogP contribution is -2.75. The molecule has 3 aliphatic rings. The second-order valence-corrected chi connectivity index (χ2v) is 10.3. The number of barbiturate groups is 1. The van der Waals surface area contributed by atoms with E-state index in [9.17, 15) is 19.2 Å². The Morgan fingerprint density at radius 2 is 1.89 bits per heavy atom. The van der Waals surface area contributed by atoms with Crippen LogP contribution in [-0.4, -0.2) is 59.6 Å². The van der Waals surface area contributed by atoms with Gasteiger partial charge < -0.3 is 23.6 Å². The molecule has 13 heteroatoms. The highest BCUT2D eigenvalue weighted by atomic mass is 19.1. The van der Waals surface area contributed by atoms with Crippen molar-refractivity contribution in [1.82, 2.24) is 15.8 Å². The molecule has 192 valence electrons. The number of anilines is 1. The quantitative estimate of drug-likeness (QED) is 0.437. The predicted molar refractivity (Wildman–Crippen MR) is 120 cm³/mol. The van der Waals surface area contributed by atoms with E-state index < -0.39 is 53.0 Å². The Morgan fingerprint density at radius 3 is 2.53 bits per heavy atom. The Kier molecular flexibility index (Phi) is 5.25. The van der Waals surface area contributed by atoms with Crippen LogP contribution < -0.4 is 20.3 Å². The standard InChI is InChI=1S/C23H25FN4O8/c1-9-8-28-14-11(7-23(16(28)10(2)33-9)18(29)25-20(31)26-19(23)30)6-12-15(13(14)24)36-27-17(12)34-21(32)35-22(3,4)5/h6,9-10,16H,7-8H2,1-5H3,(H2,25,26,29,30,31)/t9-,10+,16-/m0/s1. The summed E-state index contributed by atoms with van der Waals surface area (Å²) < 4.78 is 37.4. The summed E-state index contributed by atoms with van der Waals surface area (Å²) in [4.78, 5) is 52.1. The average molecular weight is 504 g/mol. The van der Waals surface area contributed by atoms with E-state index in [1.165, 1.54) is 6.07 Å². The predicted octanol–water partition coefficient (Wildman–Crippen LogP) is 2.17. The van der Waals surface area contributed by atoms with E-state index in [0.29, 0.717) is 0 Å². The first-order valence-corrected chi connectivity index (χ1v) is 11.4. The van der Waals surface area contributed by atoms with Gasteiger partial charge >= 0.3 is 12.2 Å². The van der Waals surface area contributed by atoms with E-state index in [1.807, 2.05) is 0 Å². The molecule has 0 bridgehead atoms. The Labute approximate surface area is 204 Å². The molecule has 4 amide bonds. The largest absolute Gasteiger partial charge is 0.515 e. The summed E-state index contributed by atoms with van der Waals surface area (Å²) in [6.45, 7) is 8.59. The molecule has 1 aromatic heterocycles. The molecule has 5 rings (SSSR count). The molecule has 2 aromatic rings. The van der Waals surface area contributed by atoms with Crippen LogP contribution in [-0.2, 0) is 25.5 Å². The third-order valence-electron chi connectivity index (χ3n) is 6.50. The molecule has 0 aliphatic carbocycles. The second kappa shape index (κ2) is 7.88. The van der Waals surface area contributed by atoms with Gasteiger partial charge in [0.05, 0.1) is 29.3 Å². The zero-order valence-corrected chi connectivity index (χ0v) is 20.3. The van der Waals surface area contributed by atoms with Crippen molar-refractivity contribution in [3.05, 3.63) is 17.4 Å². The molecule has 0 radical (unpaired) electrons. The Hall–Kier alpha value is -3.74. The van der Waals surface area contributed by atoms with Crippen LogP contribution in [0.25, 0.3) is 11.0 Å². The van der Waals surface area contributed by atoms with Crippen LogP contribution in [0.1, 0.15) is 40.2 Å². The van der Waals surface area contributed by atoms with Crippen molar-refractivity contribution in [1.29, 1.82) is 0 Å². The molecule has 4 heterocycles. The molecule has 12 nitrogen and oxygen atoms in total. The van der Waals surface area contributed by atoms with Gasteiger partial charge in [0.25, 0.3) is 5.88 Å². The number of amides is 4. The van der Waals surface area contributed by atoms with E-state index in [2.05, 4.69) is 15.8 Å². The number of hydrogen-bond acceptors (Lipinski definition) is 10. The van der Waals surface area contributed by atoms with Gasteiger partial charge in [0.2, 0.25) is 17.4 Å². The van der Waals surface area contributed by atoms with Gasteiger partial charge in [0.1, 0.15) is 5.60 Å². The number of imide groups is 2. The third kappa shape index (κ3) is 3.56. The Balaban J connectivity index is 1.66. The molecule has 2 fully saturated rings. The molecule has 3 aliphatic heterocycles. The molecule has 0 unspecified atom stereocenters. The second-order valence-electron chi connectivity index (χ2n) is 10.3. The molecular weight excluding hydrogens is 479 g/mol. The summed E-state index contributed by atoms with van der Waals surface area (Å²) in [6.07, 6.45) is -2.33. The van der Waals surface area contributed by atoms with Gasteiger partial charge in [-0.05, 0) is 51.4 Å². The number of carbonyl (C=O) groups is 4. The number of aromatic nitrogens is 1. The van der Waals surface area contributed by atoms with Crippen LogP contribution in [0.3, 0.4) is 0 Å². The Bertz CT molecular complexity index is 1300. The normalized spacial score (nSPS) is 25.2. The minimum Gasteiger partial charge on any atom is -0.428 e. The highest BCUT2D eigenvalue weighted by Gasteiger charge is 2.63. The maximum absolute atomic E-state index is 16.0. The zero-order chi connectivity index (χ0) is 26.2. The van der Waals surface area contributed by atoms with E-state index in [0.717, 1.165) is 0 Å². The molecule has 1 aromatic carbocycles. The number of fused-ring (bicyclic) bond motifs is 5. The van der Waals surface area contributed by atoms with Gasteiger partial charge in [-0.2, -0.15) is 0 Å². The number of carbonyl (C=O) groups excluding carboxylic acids is 4. The number of benzene rings is 1. The lowest BCUT2D eigenvalue weighted by molar-refractivity contribution is -0.153. The summed E-state index contributed by atoms with van der Waals surface area (Å²) >= 11 is 0. The lowest BCUT2D eigenvalue weighted by Gasteiger charge is -2.55. The van der Waals surface area contributed by atoms with Crippen LogP contribution in [0.5, 0.6) is 5.88 Å². The minimum absolute atomic E-state index is 0.0211. The van der Waals surface area contributed by atoms with Crippen molar-refractivity contribution in [2.45, 2.75) is 64.9 Å². The van der Waals surface area contributed by atoms with Gasteiger partial charge in [0, 0.05) is 13.0 Å². The minimum atomic E-state index is -1.79. The van der Waals surface area contributed by atoms with E-state index in [1.54, 1.807) is 39.5 Å². The molecule has 1 spiro atoms. The van der Waals surface area contributed by atoms with E-state index in [4.69, 9.17) is 18.7 Å². The average Bonchev–Trinajstić information content (AvgIpc) is 3.12. The number of nitrogens with one attached hydrogen (secondary N) is 2. The number of nitrogens with zero attached hydrogens (tertiary/aromatic N) is 2. The molecule has 3 atom stereocenters. The molecule has 36 heavy (non-hydrogen) atoms. The van der Waals surface area contributed by atoms with E-state index >= 15 is 4.39 Å². The van der Waals surface area contributed by atoms with Crippen LogP contribution >= 0.6 is 0 Å². The van der Waals surface area contributed by atoms with Crippen molar-refractivity contribution in [3.8, 4) is 5.88 Å². The van der Waals surface area contributed by atoms with Crippen molar-refractivity contribution in [2.75, 3.05) is 11.4 Å². The lowest BCUT2D eigenvalue weighted by atomic mass is 9.66. The number of halogens is 1. The van der Waals surface area contributed by atoms with E-state index in [-0.39, 0.29) is 47.2 Å². The molecule has 2 saturated heterocycles. The first kappa shape index (κ1) is 24.0. The third-order valence-corrected chi connectivity index (χ3v) is 6.50. The highest BCUT2D eigenvalue weighted by molar-refractivity contribution is 6.20. The Morgan fingerprint density at radius 1 is 1.22 bits per heavy atom. The van der Waals surface area contributed by atoms with Crippen LogP contribution in [0.2, 0.25) is 0 Å². The van der Waals surface area contributed by atoms with Crippen molar-refractivity contribution >= 4 is 40.7 Å². The topological polar surface area (TPSA) is 149 Å². The van der Waals surface area contributed by atoms with Gasteiger partial charge in [-0.1, -0.05) is 0 Å². The summed E-state index contributed by atoms with van der Waals surface area (Å²) in [5, 5.41) is 8.05. The van der Waals surface area contributed by atoms with Crippen LogP contribution in [0.4, 0.5) is 19.7 Å². The summed E-state index contributed by atoms with van der Waals surface area (Å²) in [6, 6.07) is -0.384. The first-order chi connectivity index (χ1) is 16.8. The van der Waals surface area contributed by atoms with Gasteiger partial charge in [0.15, 0.2) is 11.2 Å². The highest BCUT2D eigenvalue weighted by Crippen LogP contribution is 2.49. The number of ether oxygens (including phenoxy) is 3. The number of urea groups is 1. The van der Waals surface area contributed by atoms with Gasteiger partial charge in [-0.3, -0.25) is 20.2 Å². The fourth-order valence-corrected chi connectivity index (χ4v) is 5.35. The van der Waals surface area contributed by atoms with Gasteiger partial charge in [-0.25, -0.2) is 14.0 Å². The molecular formula is C23H25FN4O8.